The number of hydrogen-bond acceptors (Lipinski definition) is 4. The molecule has 1 fully saturated rings. The molecular weight excluding hydrogens is 300 g/mol. The monoisotopic (exact) mass is 324 g/mol. The third-order valence-electron chi connectivity index (χ3n) is 5.65. The number of Topliss-reactive ketones (excluding diaryl/α,β-unsaturated/α-hetero) is 1. The summed E-state index contributed by atoms with van der Waals surface area (Å²) in [4.78, 5) is 17.5. The maximum atomic E-state index is 12.8. The van der Waals surface area contributed by atoms with Crippen molar-refractivity contribution in [2.75, 3.05) is 0 Å². The van der Waals surface area contributed by atoms with E-state index in [1.165, 1.54) is 18.4 Å². The summed E-state index contributed by atoms with van der Waals surface area (Å²) in [5.41, 5.74) is 2.77. The van der Waals surface area contributed by atoms with Crippen molar-refractivity contribution < 1.29 is 9.90 Å². The van der Waals surface area contributed by atoms with E-state index < -0.39 is 0 Å². The maximum Gasteiger partial charge on any atom is 0.170 e. The molecule has 1 heterocycles. The molecule has 1 aromatic carbocycles. The summed E-state index contributed by atoms with van der Waals surface area (Å²) < 4.78 is 0. The smallest absolute Gasteiger partial charge is 0.170 e. The van der Waals surface area contributed by atoms with Crippen molar-refractivity contribution >= 4 is 11.6 Å². The summed E-state index contributed by atoms with van der Waals surface area (Å²) in [5, 5.41) is 14.0. The van der Waals surface area contributed by atoms with Gasteiger partial charge in [-0.3, -0.25) is 9.79 Å². The van der Waals surface area contributed by atoms with Crippen LogP contribution in [0.3, 0.4) is 0 Å². The topological polar surface area (TPSA) is 61.7 Å². The predicted octanol–water partition coefficient (Wildman–Crippen LogP) is 3.57. The number of ketones is 1. The highest BCUT2D eigenvalue weighted by atomic mass is 16.3. The molecule has 0 saturated heterocycles. The molecule has 3 atom stereocenters. The quantitative estimate of drug-likeness (QED) is 0.874. The number of aliphatic imine (C=N–C) groups is 1. The molecule has 24 heavy (non-hydrogen) atoms. The highest BCUT2D eigenvalue weighted by Gasteiger charge is 2.37. The third-order valence-corrected chi connectivity index (χ3v) is 5.65. The summed E-state index contributed by atoms with van der Waals surface area (Å²) in [7, 11) is 0. The van der Waals surface area contributed by atoms with E-state index in [1.807, 2.05) is 12.1 Å². The Morgan fingerprint density at radius 1 is 1.17 bits per heavy atom. The second kappa shape index (κ2) is 6.08. The number of nitrogens with zero attached hydrogens (tertiary/aromatic N) is 1. The Bertz CT molecular complexity index is 735. The molecule has 126 valence electrons. The van der Waals surface area contributed by atoms with Gasteiger partial charge in [0.2, 0.25) is 0 Å². The number of benzene rings is 1. The van der Waals surface area contributed by atoms with Crippen molar-refractivity contribution in [1.82, 2.24) is 5.32 Å². The van der Waals surface area contributed by atoms with Gasteiger partial charge in [-0.25, -0.2) is 0 Å². The van der Waals surface area contributed by atoms with Gasteiger partial charge in [-0.1, -0.05) is 37.1 Å². The standard InChI is InChI=1S/C20H24N2O2/c1-12-6-2-3-7-14(12)13-10-17(23)19(18(24)11-13)20-21-15-8-4-5-9-16(15)22-20/h2-3,6-7,13,15-16,23H,4-5,8-11H2,1H3,(H,21,22)/t13?,15-,16-/m1/s1. The van der Waals surface area contributed by atoms with Gasteiger partial charge in [-0.05, 0) is 36.8 Å². The van der Waals surface area contributed by atoms with E-state index in [2.05, 4.69) is 24.4 Å². The number of carbonyl (C=O) groups excluding carboxylic acids is 1. The molecular formula is C20H24N2O2. The molecule has 4 rings (SSSR count). The van der Waals surface area contributed by atoms with Crippen LogP contribution in [0.15, 0.2) is 40.6 Å². The van der Waals surface area contributed by atoms with Crippen LogP contribution >= 0.6 is 0 Å². The Labute approximate surface area is 142 Å². The van der Waals surface area contributed by atoms with Crippen LogP contribution < -0.4 is 5.32 Å². The fourth-order valence-electron chi connectivity index (χ4n) is 4.38. The minimum absolute atomic E-state index is 0.0110. The first-order valence-corrected chi connectivity index (χ1v) is 8.99. The molecule has 3 aliphatic rings. The van der Waals surface area contributed by atoms with Crippen LogP contribution in [0.5, 0.6) is 0 Å². The molecule has 0 bridgehead atoms. The highest BCUT2D eigenvalue weighted by Crippen LogP contribution is 2.36. The molecule has 0 radical (unpaired) electrons. The van der Waals surface area contributed by atoms with Crippen molar-refractivity contribution in [3.8, 4) is 0 Å². The van der Waals surface area contributed by atoms with E-state index >= 15 is 0 Å². The second-order valence-corrected chi connectivity index (χ2v) is 7.29. The Balaban J connectivity index is 1.60. The van der Waals surface area contributed by atoms with E-state index in [4.69, 9.17) is 4.99 Å². The minimum Gasteiger partial charge on any atom is -0.511 e. The Morgan fingerprint density at radius 3 is 2.71 bits per heavy atom. The van der Waals surface area contributed by atoms with E-state index in [-0.39, 0.29) is 23.5 Å². The van der Waals surface area contributed by atoms with Crippen molar-refractivity contribution in [1.29, 1.82) is 0 Å². The number of hydrogen-bond donors (Lipinski definition) is 2. The lowest BCUT2D eigenvalue weighted by atomic mass is 9.81. The Kier molecular flexibility index (Phi) is 3.91. The first kappa shape index (κ1) is 15.4. The van der Waals surface area contributed by atoms with Crippen LogP contribution in [0.25, 0.3) is 0 Å². The molecule has 0 spiro atoms. The molecule has 2 aliphatic carbocycles. The summed E-state index contributed by atoms with van der Waals surface area (Å²) in [6.45, 7) is 2.06. The molecule has 2 N–H and O–H groups in total. The molecule has 0 aromatic heterocycles. The molecule has 1 aromatic rings. The van der Waals surface area contributed by atoms with Gasteiger partial charge in [0.15, 0.2) is 5.78 Å². The van der Waals surface area contributed by atoms with Gasteiger partial charge in [-0.15, -0.1) is 0 Å². The fourth-order valence-corrected chi connectivity index (χ4v) is 4.38. The van der Waals surface area contributed by atoms with Gasteiger partial charge in [0.25, 0.3) is 0 Å². The molecule has 1 unspecified atom stereocenters. The molecule has 1 aliphatic heterocycles. The zero-order valence-electron chi connectivity index (χ0n) is 14.1. The Hall–Kier alpha value is -2.10. The van der Waals surface area contributed by atoms with Gasteiger partial charge in [0.1, 0.15) is 11.6 Å². The summed E-state index contributed by atoms with van der Waals surface area (Å²) in [6.07, 6.45) is 5.56. The SMILES string of the molecule is Cc1ccccc1C1CC(=O)C(C2=N[C@@H]3CCCC[C@H]3N2)=C(O)C1. The lowest BCUT2D eigenvalue weighted by Crippen LogP contribution is -2.39. The van der Waals surface area contributed by atoms with E-state index in [1.54, 1.807) is 0 Å². The van der Waals surface area contributed by atoms with Crippen molar-refractivity contribution in [3.63, 3.8) is 0 Å². The lowest BCUT2D eigenvalue weighted by molar-refractivity contribution is -0.116. The average Bonchev–Trinajstić information content (AvgIpc) is 2.98. The van der Waals surface area contributed by atoms with Gasteiger partial charge < -0.3 is 10.4 Å². The zero-order chi connectivity index (χ0) is 16.7. The number of aliphatic hydroxyl groups excluding tert-OH is 1. The van der Waals surface area contributed by atoms with Crippen molar-refractivity contribution in [2.24, 2.45) is 4.99 Å². The number of rotatable bonds is 2. The molecule has 0 amide bonds. The van der Waals surface area contributed by atoms with Crippen LogP contribution in [-0.2, 0) is 4.79 Å². The van der Waals surface area contributed by atoms with E-state index in [0.717, 1.165) is 18.4 Å². The number of carbonyl (C=O) groups is 1. The van der Waals surface area contributed by atoms with Gasteiger partial charge in [0.05, 0.1) is 11.6 Å². The lowest BCUT2D eigenvalue weighted by Gasteiger charge is -2.26. The Morgan fingerprint density at radius 2 is 1.96 bits per heavy atom. The summed E-state index contributed by atoms with van der Waals surface area (Å²) >= 11 is 0. The van der Waals surface area contributed by atoms with Crippen LogP contribution in [0, 0.1) is 6.92 Å². The number of nitrogens with one attached hydrogen (secondary N) is 1. The van der Waals surface area contributed by atoms with Crippen molar-refractivity contribution in [2.45, 2.75) is 63.5 Å². The zero-order valence-corrected chi connectivity index (χ0v) is 14.1. The number of allylic oxidation sites excluding steroid dienone is 1. The van der Waals surface area contributed by atoms with Gasteiger partial charge >= 0.3 is 0 Å². The highest BCUT2D eigenvalue weighted by molar-refractivity contribution is 6.23. The number of aryl methyl sites for hydroxylation is 1. The summed E-state index contributed by atoms with van der Waals surface area (Å²) in [5.74, 6) is 0.908. The van der Waals surface area contributed by atoms with E-state index in [9.17, 15) is 9.90 Å². The molecule has 4 nitrogen and oxygen atoms in total. The molecule has 1 saturated carbocycles. The van der Waals surface area contributed by atoms with Gasteiger partial charge in [0, 0.05) is 18.9 Å². The van der Waals surface area contributed by atoms with Crippen LogP contribution in [0.2, 0.25) is 0 Å². The predicted molar refractivity (Wildman–Crippen MR) is 94.4 cm³/mol. The number of amidine groups is 1. The summed E-state index contributed by atoms with van der Waals surface area (Å²) in [6, 6.07) is 8.74. The third kappa shape index (κ3) is 2.64. The number of aliphatic hydroxyl groups is 1. The normalized spacial score (nSPS) is 30.0. The largest absolute Gasteiger partial charge is 0.511 e. The van der Waals surface area contributed by atoms with Crippen LogP contribution in [-0.4, -0.2) is 28.8 Å². The van der Waals surface area contributed by atoms with Crippen molar-refractivity contribution in [3.05, 3.63) is 46.7 Å². The van der Waals surface area contributed by atoms with Gasteiger partial charge in [-0.2, -0.15) is 0 Å². The fraction of sp³-hybridized carbons (Fsp3) is 0.500. The first-order chi connectivity index (χ1) is 11.6. The van der Waals surface area contributed by atoms with E-state index in [0.29, 0.717) is 30.3 Å². The number of fused-ring (bicyclic) bond motifs is 1. The minimum atomic E-state index is 0.0110. The van der Waals surface area contributed by atoms with Crippen LogP contribution in [0.1, 0.15) is 55.6 Å². The second-order valence-electron chi connectivity index (χ2n) is 7.29. The van der Waals surface area contributed by atoms with Crippen LogP contribution in [0.4, 0.5) is 0 Å². The molecule has 4 heteroatoms. The first-order valence-electron chi connectivity index (χ1n) is 8.99. The average molecular weight is 324 g/mol. The maximum absolute atomic E-state index is 12.8.